The van der Waals surface area contributed by atoms with Crippen LogP contribution in [0.1, 0.15) is 45.4 Å². The van der Waals surface area contributed by atoms with Gasteiger partial charge in [-0.2, -0.15) is 0 Å². The molecule has 4 saturated carbocycles. The lowest BCUT2D eigenvalue weighted by Crippen LogP contribution is -3.06. The summed E-state index contributed by atoms with van der Waals surface area (Å²) in [5, 5.41) is 7.86. The van der Waals surface area contributed by atoms with Crippen LogP contribution >= 0.6 is 12.2 Å². The Morgan fingerprint density at radius 2 is 1.67 bits per heavy atom. The molecular formula is C17H32N3S+. The van der Waals surface area contributed by atoms with Gasteiger partial charge in [-0.1, -0.05) is 0 Å². The van der Waals surface area contributed by atoms with Crippen LogP contribution < -0.4 is 15.5 Å². The molecule has 4 fully saturated rings. The second-order valence-electron chi connectivity index (χ2n) is 8.36. The van der Waals surface area contributed by atoms with Crippen LogP contribution in [0.2, 0.25) is 0 Å². The smallest absolute Gasteiger partial charge is 0.166 e. The molecule has 4 aliphatic rings. The Morgan fingerprint density at radius 1 is 1.14 bits per heavy atom. The van der Waals surface area contributed by atoms with Gasteiger partial charge in [-0.3, -0.25) is 0 Å². The third kappa shape index (κ3) is 3.37. The van der Waals surface area contributed by atoms with E-state index in [-0.39, 0.29) is 0 Å². The highest BCUT2D eigenvalue weighted by Crippen LogP contribution is 2.61. The van der Waals surface area contributed by atoms with Gasteiger partial charge in [-0.25, -0.2) is 0 Å². The van der Waals surface area contributed by atoms with E-state index < -0.39 is 0 Å². The van der Waals surface area contributed by atoms with E-state index in [1.807, 2.05) is 0 Å². The normalized spacial score (nSPS) is 38.6. The van der Waals surface area contributed by atoms with Crippen LogP contribution in [0.25, 0.3) is 0 Å². The first-order valence-electron chi connectivity index (χ1n) is 8.80. The highest BCUT2D eigenvalue weighted by molar-refractivity contribution is 7.80. The van der Waals surface area contributed by atoms with Crippen molar-refractivity contribution in [3.63, 3.8) is 0 Å². The molecule has 4 aliphatic carbocycles. The zero-order chi connectivity index (χ0) is 15.0. The second-order valence-corrected chi connectivity index (χ2v) is 8.77. The topological polar surface area (TPSA) is 28.5 Å². The summed E-state index contributed by atoms with van der Waals surface area (Å²) in [6, 6.07) is 0.526. The molecule has 4 rings (SSSR count). The Morgan fingerprint density at radius 3 is 2.14 bits per heavy atom. The monoisotopic (exact) mass is 310 g/mol. The predicted molar refractivity (Wildman–Crippen MR) is 91.5 cm³/mol. The van der Waals surface area contributed by atoms with Crippen LogP contribution in [0, 0.1) is 23.2 Å². The Kier molecular flexibility index (Phi) is 4.47. The summed E-state index contributed by atoms with van der Waals surface area (Å²) >= 11 is 5.51. The standard InChI is InChI=1S/C17H31N3S/c1-12(19-16(21)18-4-5-20(2)3)17-9-13-6-14(10-17)8-15(7-13)11-17/h12-15H,4-11H2,1-3H3,(H2,18,19,21)/p+1/t12-,13?,14?,15?,17?/m1/s1. The zero-order valence-electron chi connectivity index (χ0n) is 13.9. The van der Waals surface area contributed by atoms with Gasteiger partial charge >= 0.3 is 0 Å². The van der Waals surface area contributed by atoms with Gasteiger partial charge in [0, 0.05) is 6.04 Å². The number of hydrogen-bond acceptors (Lipinski definition) is 1. The molecule has 0 aromatic heterocycles. The van der Waals surface area contributed by atoms with Crippen molar-refractivity contribution in [2.24, 2.45) is 23.2 Å². The van der Waals surface area contributed by atoms with E-state index in [1.165, 1.54) is 43.4 Å². The lowest BCUT2D eigenvalue weighted by atomic mass is 9.48. The summed E-state index contributed by atoms with van der Waals surface area (Å²) in [7, 11) is 4.35. The van der Waals surface area contributed by atoms with Gasteiger partial charge in [0.25, 0.3) is 0 Å². The maximum absolute atomic E-state index is 5.51. The molecule has 0 aromatic rings. The molecule has 0 spiro atoms. The van der Waals surface area contributed by atoms with Crippen molar-refractivity contribution in [2.45, 2.75) is 51.5 Å². The zero-order valence-corrected chi connectivity index (χ0v) is 14.7. The van der Waals surface area contributed by atoms with Gasteiger partial charge < -0.3 is 15.5 Å². The molecule has 4 heteroatoms. The van der Waals surface area contributed by atoms with Crippen molar-refractivity contribution in [3.8, 4) is 0 Å². The van der Waals surface area contributed by atoms with Gasteiger partial charge in [-0.15, -0.1) is 0 Å². The first-order valence-corrected chi connectivity index (χ1v) is 9.21. The molecule has 120 valence electrons. The van der Waals surface area contributed by atoms with Gasteiger partial charge in [0.2, 0.25) is 0 Å². The van der Waals surface area contributed by atoms with Crippen LogP contribution in [0.5, 0.6) is 0 Å². The van der Waals surface area contributed by atoms with Crippen LogP contribution in [0.4, 0.5) is 0 Å². The minimum absolute atomic E-state index is 0.526. The number of thiocarbonyl (C=S) groups is 1. The minimum atomic E-state index is 0.526. The van der Waals surface area contributed by atoms with Crippen molar-refractivity contribution in [3.05, 3.63) is 0 Å². The van der Waals surface area contributed by atoms with E-state index in [1.54, 1.807) is 0 Å². The summed E-state index contributed by atoms with van der Waals surface area (Å²) in [4.78, 5) is 1.46. The highest BCUT2D eigenvalue weighted by atomic mass is 32.1. The van der Waals surface area contributed by atoms with Crippen LogP contribution in [-0.4, -0.2) is 38.3 Å². The Balaban J connectivity index is 1.53. The molecule has 0 amide bonds. The lowest BCUT2D eigenvalue weighted by molar-refractivity contribution is -0.856. The molecule has 3 nitrogen and oxygen atoms in total. The quantitative estimate of drug-likeness (QED) is 0.667. The summed E-state index contributed by atoms with van der Waals surface area (Å²) in [5.41, 5.74) is 0.535. The number of likely N-dealkylation sites (N-methyl/N-ethyl adjacent to an activating group) is 1. The maximum Gasteiger partial charge on any atom is 0.166 e. The molecule has 0 unspecified atom stereocenters. The predicted octanol–water partition coefficient (Wildman–Crippen LogP) is 1.20. The van der Waals surface area contributed by atoms with Gasteiger partial charge in [-0.05, 0) is 80.8 Å². The van der Waals surface area contributed by atoms with Crippen molar-refractivity contribution >= 4 is 17.3 Å². The average Bonchev–Trinajstić information content (AvgIpc) is 2.36. The van der Waals surface area contributed by atoms with Crippen molar-refractivity contribution < 1.29 is 4.90 Å². The molecule has 4 bridgehead atoms. The number of quaternary nitrogens is 1. The summed E-state index contributed by atoms with van der Waals surface area (Å²) in [6.07, 6.45) is 8.87. The fraction of sp³-hybridized carbons (Fsp3) is 0.941. The molecule has 21 heavy (non-hydrogen) atoms. The molecular weight excluding hydrogens is 278 g/mol. The summed E-state index contributed by atoms with van der Waals surface area (Å²) in [6.45, 7) is 4.44. The number of rotatable bonds is 5. The van der Waals surface area contributed by atoms with E-state index in [0.29, 0.717) is 11.5 Å². The SMILES string of the molecule is C[C@@H](NC(=S)NCC[NH+](C)C)C12CC3CC(CC(C3)C1)C2. The number of nitrogens with one attached hydrogen (secondary N) is 3. The van der Waals surface area contributed by atoms with E-state index >= 15 is 0 Å². The summed E-state index contributed by atoms with van der Waals surface area (Å²) < 4.78 is 0. The largest absolute Gasteiger partial charge is 0.360 e. The third-order valence-corrected chi connectivity index (χ3v) is 6.52. The third-order valence-electron chi connectivity index (χ3n) is 6.26. The van der Waals surface area contributed by atoms with E-state index in [2.05, 4.69) is 31.7 Å². The van der Waals surface area contributed by atoms with E-state index in [9.17, 15) is 0 Å². The van der Waals surface area contributed by atoms with Crippen LogP contribution in [0.3, 0.4) is 0 Å². The fourth-order valence-electron chi connectivity index (χ4n) is 5.53. The molecule has 0 saturated heterocycles. The van der Waals surface area contributed by atoms with Crippen molar-refractivity contribution in [1.82, 2.24) is 10.6 Å². The van der Waals surface area contributed by atoms with Gasteiger partial charge in [0.15, 0.2) is 5.11 Å². The molecule has 0 aliphatic heterocycles. The Labute approximate surface area is 135 Å². The Bertz CT molecular complexity index is 358. The first kappa shape index (κ1) is 15.5. The van der Waals surface area contributed by atoms with Crippen LogP contribution in [-0.2, 0) is 0 Å². The summed E-state index contributed by atoms with van der Waals surface area (Å²) in [5.74, 6) is 3.04. The minimum Gasteiger partial charge on any atom is -0.360 e. The van der Waals surface area contributed by atoms with Gasteiger partial charge in [0.05, 0.1) is 27.2 Å². The highest BCUT2D eigenvalue weighted by Gasteiger charge is 2.53. The van der Waals surface area contributed by atoms with E-state index in [4.69, 9.17) is 12.2 Å². The lowest BCUT2D eigenvalue weighted by Gasteiger charge is -2.59. The van der Waals surface area contributed by atoms with E-state index in [0.717, 1.165) is 36.0 Å². The molecule has 3 N–H and O–H groups in total. The Hall–Kier alpha value is -0.350. The van der Waals surface area contributed by atoms with Gasteiger partial charge in [0.1, 0.15) is 0 Å². The average molecular weight is 311 g/mol. The number of hydrogen-bond donors (Lipinski definition) is 3. The van der Waals surface area contributed by atoms with Crippen molar-refractivity contribution in [1.29, 1.82) is 0 Å². The molecule has 0 aromatic carbocycles. The first-order chi connectivity index (χ1) is 9.97. The second kappa shape index (κ2) is 6.04. The molecule has 0 heterocycles. The maximum atomic E-state index is 5.51. The van der Waals surface area contributed by atoms with Crippen LogP contribution in [0.15, 0.2) is 0 Å². The van der Waals surface area contributed by atoms with Crippen molar-refractivity contribution in [2.75, 3.05) is 27.2 Å². The molecule has 0 radical (unpaired) electrons. The fourth-order valence-corrected chi connectivity index (χ4v) is 5.81. The molecule has 1 atom stereocenters.